The van der Waals surface area contributed by atoms with E-state index in [9.17, 15) is 4.79 Å². The molecule has 1 heterocycles. The fourth-order valence-corrected chi connectivity index (χ4v) is 4.22. The number of nitriles is 1. The van der Waals surface area contributed by atoms with Gasteiger partial charge < -0.3 is 10.1 Å². The van der Waals surface area contributed by atoms with Gasteiger partial charge in [0.2, 0.25) is 0 Å². The van der Waals surface area contributed by atoms with Crippen LogP contribution in [-0.2, 0) is 4.74 Å². The van der Waals surface area contributed by atoms with Crippen LogP contribution in [0.2, 0.25) is 5.02 Å². The Morgan fingerprint density at radius 1 is 1.21 bits per heavy atom. The lowest BCUT2D eigenvalue weighted by Gasteiger charge is -2.35. The Balaban J connectivity index is 1.76. The maximum atomic E-state index is 12.8. The summed E-state index contributed by atoms with van der Waals surface area (Å²) in [4.78, 5) is 15.9. The Hall–Kier alpha value is -2.04. The van der Waals surface area contributed by atoms with Gasteiger partial charge >= 0.3 is 0 Å². The SMILES string of the molecule is N#CCSc1ccccc1C(=O)NC[C@H](c1ccccc1Cl)N1CCOCC1. The highest BCUT2D eigenvalue weighted by Gasteiger charge is 2.25. The van der Waals surface area contributed by atoms with Crippen molar-refractivity contribution in [3.63, 3.8) is 0 Å². The molecule has 2 aromatic carbocycles. The lowest BCUT2D eigenvalue weighted by atomic mass is 10.0. The van der Waals surface area contributed by atoms with E-state index in [0.717, 1.165) is 23.5 Å². The van der Waals surface area contributed by atoms with Gasteiger partial charge in [0.15, 0.2) is 0 Å². The van der Waals surface area contributed by atoms with E-state index >= 15 is 0 Å². The highest BCUT2D eigenvalue weighted by atomic mass is 35.5. The molecule has 5 nitrogen and oxygen atoms in total. The summed E-state index contributed by atoms with van der Waals surface area (Å²) in [6, 6.07) is 17.2. The van der Waals surface area contributed by atoms with Crippen LogP contribution in [0.25, 0.3) is 0 Å². The van der Waals surface area contributed by atoms with Crippen LogP contribution in [0.5, 0.6) is 0 Å². The minimum atomic E-state index is -0.147. The molecule has 3 rings (SSSR count). The highest BCUT2D eigenvalue weighted by Crippen LogP contribution is 2.28. The van der Waals surface area contributed by atoms with Crippen molar-refractivity contribution < 1.29 is 9.53 Å². The van der Waals surface area contributed by atoms with Gasteiger partial charge in [0.05, 0.1) is 36.6 Å². The quantitative estimate of drug-likeness (QED) is 0.697. The number of carbonyl (C=O) groups is 1. The second-order valence-corrected chi connectivity index (χ2v) is 7.76. The summed E-state index contributed by atoms with van der Waals surface area (Å²) in [5.41, 5.74) is 1.58. The summed E-state index contributed by atoms with van der Waals surface area (Å²) in [5.74, 6) is 0.159. The first kappa shape index (κ1) is 20.7. The molecule has 0 bridgehead atoms. The summed E-state index contributed by atoms with van der Waals surface area (Å²) in [6.07, 6.45) is 0. The zero-order valence-electron chi connectivity index (χ0n) is 15.4. The van der Waals surface area contributed by atoms with Gasteiger partial charge in [-0.05, 0) is 23.8 Å². The van der Waals surface area contributed by atoms with E-state index in [2.05, 4.69) is 16.3 Å². The Morgan fingerprint density at radius 3 is 2.68 bits per heavy atom. The second kappa shape index (κ2) is 10.5. The van der Waals surface area contributed by atoms with Crippen molar-refractivity contribution in [1.82, 2.24) is 10.2 Å². The van der Waals surface area contributed by atoms with Crippen LogP contribution in [0.3, 0.4) is 0 Å². The third-order valence-electron chi connectivity index (χ3n) is 4.63. The van der Waals surface area contributed by atoms with Crippen molar-refractivity contribution in [2.75, 3.05) is 38.6 Å². The third kappa shape index (κ3) is 5.27. The molecule has 1 amide bonds. The number of halogens is 1. The third-order valence-corrected chi connectivity index (χ3v) is 5.92. The van der Waals surface area contributed by atoms with E-state index in [0.29, 0.717) is 36.1 Å². The van der Waals surface area contributed by atoms with E-state index in [1.165, 1.54) is 11.8 Å². The molecular weight excluding hydrogens is 394 g/mol. The number of nitrogens with one attached hydrogen (secondary N) is 1. The van der Waals surface area contributed by atoms with Crippen molar-refractivity contribution in [3.05, 3.63) is 64.7 Å². The lowest BCUT2D eigenvalue weighted by Crippen LogP contribution is -2.44. The second-order valence-electron chi connectivity index (χ2n) is 6.34. The molecule has 1 atom stereocenters. The minimum Gasteiger partial charge on any atom is -0.379 e. The first-order valence-electron chi connectivity index (χ1n) is 9.14. The highest BCUT2D eigenvalue weighted by molar-refractivity contribution is 7.99. The molecule has 0 aromatic heterocycles. The van der Waals surface area contributed by atoms with Gasteiger partial charge in [-0.1, -0.05) is 41.9 Å². The van der Waals surface area contributed by atoms with Gasteiger partial charge in [-0.3, -0.25) is 9.69 Å². The molecule has 2 aromatic rings. The predicted molar refractivity (Wildman–Crippen MR) is 112 cm³/mol. The van der Waals surface area contributed by atoms with E-state index < -0.39 is 0 Å². The maximum Gasteiger partial charge on any atom is 0.252 e. The number of rotatable bonds is 7. The van der Waals surface area contributed by atoms with Crippen molar-refractivity contribution in [3.8, 4) is 6.07 Å². The Labute approximate surface area is 174 Å². The van der Waals surface area contributed by atoms with Crippen LogP contribution in [0.4, 0.5) is 0 Å². The molecule has 1 fully saturated rings. The van der Waals surface area contributed by atoms with E-state index in [1.807, 2.05) is 42.5 Å². The smallest absolute Gasteiger partial charge is 0.252 e. The molecule has 0 spiro atoms. The number of benzene rings is 2. The zero-order valence-corrected chi connectivity index (χ0v) is 17.0. The van der Waals surface area contributed by atoms with Crippen molar-refractivity contribution >= 4 is 29.3 Å². The largest absolute Gasteiger partial charge is 0.379 e. The Kier molecular flexibility index (Phi) is 7.75. The normalized spacial score (nSPS) is 15.6. The van der Waals surface area contributed by atoms with Crippen LogP contribution < -0.4 is 5.32 Å². The van der Waals surface area contributed by atoms with Crippen LogP contribution in [0, 0.1) is 11.3 Å². The first-order chi connectivity index (χ1) is 13.7. The number of hydrogen-bond donors (Lipinski definition) is 1. The van der Waals surface area contributed by atoms with E-state index in [-0.39, 0.29) is 11.9 Å². The number of nitrogens with zero attached hydrogens (tertiary/aromatic N) is 2. The fraction of sp³-hybridized carbons (Fsp3) is 0.333. The predicted octanol–water partition coefficient (Wildman–Crippen LogP) is 3.76. The molecule has 28 heavy (non-hydrogen) atoms. The van der Waals surface area contributed by atoms with Gasteiger partial charge in [0.1, 0.15) is 0 Å². The van der Waals surface area contributed by atoms with Gasteiger partial charge in [0, 0.05) is 29.6 Å². The van der Waals surface area contributed by atoms with Crippen LogP contribution >= 0.6 is 23.4 Å². The fourth-order valence-electron chi connectivity index (χ4n) is 3.24. The number of thioether (sulfide) groups is 1. The maximum absolute atomic E-state index is 12.8. The molecule has 0 aliphatic carbocycles. The van der Waals surface area contributed by atoms with E-state index in [4.69, 9.17) is 21.6 Å². The Morgan fingerprint density at radius 2 is 1.93 bits per heavy atom. The summed E-state index contributed by atoms with van der Waals surface area (Å²) in [5, 5.41) is 12.6. The van der Waals surface area contributed by atoms with Crippen LogP contribution in [0.15, 0.2) is 53.4 Å². The molecule has 0 radical (unpaired) electrons. The molecule has 0 unspecified atom stereocenters. The molecular formula is C21H22ClN3O2S. The molecule has 1 aliphatic heterocycles. The van der Waals surface area contributed by atoms with Crippen molar-refractivity contribution in [2.24, 2.45) is 0 Å². The van der Waals surface area contributed by atoms with Crippen molar-refractivity contribution in [1.29, 1.82) is 5.26 Å². The first-order valence-corrected chi connectivity index (χ1v) is 10.5. The van der Waals surface area contributed by atoms with Crippen molar-refractivity contribution in [2.45, 2.75) is 10.9 Å². The van der Waals surface area contributed by atoms with Gasteiger partial charge in [-0.2, -0.15) is 5.26 Å². The summed E-state index contributed by atoms with van der Waals surface area (Å²) < 4.78 is 5.47. The van der Waals surface area contributed by atoms with Gasteiger partial charge in [-0.25, -0.2) is 0 Å². The van der Waals surface area contributed by atoms with Gasteiger partial charge in [0.25, 0.3) is 5.91 Å². The zero-order chi connectivity index (χ0) is 19.8. The average Bonchev–Trinajstić information content (AvgIpc) is 2.74. The number of hydrogen-bond acceptors (Lipinski definition) is 5. The molecule has 1 saturated heterocycles. The summed E-state index contributed by atoms with van der Waals surface area (Å²) in [6.45, 7) is 3.37. The molecule has 1 N–H and O–H groups in total. The minimum absolute atomic E-state index is 0.0273. The van der Waals surface area contributed by atoms with Crippen LogP contribution in [0.1, 0.15) is 22.0 Å². The van der Waals surface area contributed by atoms with Crippen LogP contribution in [-0.4, -0.2) is 49.4 Å². The Bertz CT molecular complexity index is 850. The standard InChI is InChI=1S/C21H22ClN3O2S/c22-18-7-3-1-5-16(18)19(25-10-12-27-13-11-25)15-24-21(26)17-6-2-4-8-20(17)28-14-9-23/h1-8,19H,10-15H2,(H,24,26)/t19-/m1/s1. The molecule has 1 aliphatic rings. The number of carbonyl (C=O) groups excluding carboxylic acids is 1. The number of amides is 1. The molecule has 146 valence electrons. The molecule has 7 heteroatoms. The number of ether oxygens (including phenoxy) is 1. The number of morpholine rings is 1. The van der Waals surface area contributed by atoms with E-state index in [1.54, 1.807) is 6.07 Å². The monoisotopic (exact) mass is 415 g/mol. The topological polar surface area (TPSA) is 65.4 Å². The summed E-state index contributed by atoms with van der Waals surface area (Å²) >= 11 is 7.81. The average molecular weight is 416 g/mol. The summed E-state index contributed by atoms with van der Waals surface area (Å²) in [7, 11) is 0. The lowest BCUT2D eigenvalue weighted by molar-refractivity contribution is 0.0162. The molecule has 0 saturated carbocycles. The van der Waals surface area contributed by atoms with Gasteiger partial charge in [-0.15, -0.1) is 11.8 Å².